The Morgan fingerprint density at radius 2 is 2.10 bits per heavy atom. The molecule has 3 nitrogen and oxygen atoms in total. The van der Waals surface area contributed by atoms with Gasteiger partial charge in [0.1, 0.15) is 6.07 Å². The minimum Gasteiger partial charge on any atom is -0.367 e. The Labute approximate surface area is 121 Å². The predicted molar refractivity (Wildman–Crippen MR) is 81.7 cm³/mol. The second kappa shape index (κ2) is 5.85. The van der Waals surface area contributed by atoms with Crippen LogP contribution in [0.5, 0.6) is 0 Å². The van der Waals surface area contributed by atoms with E-state index in [9.17, 15) is 5.26 Å². The van der Waals surface area contributed by atoms with E-state index in [0.29, 0.717) is 12.1 Å². The molecule has 2 fully saturated rings. The molecule has 2 saturated carbocycles. The molecule has 20 heavy (non-hydrogen) atoms. The lowest BCUT2D eigenvalue weighted by atomic mass is 10.1. The van der Waals surface area contributed by atoms with E-state index in [1.807, 2.05) is 0 Å². The van der Waals surface area contributed by atoms with Crippen molar-refractivity contribution < 1.29 is 0 Å². The lowest BCUT2D eigenvalue weighted by Gasteiger charge is -2.25. The molecule has 0 bridgehead atoms. The topological polar surface area (TPSA) is 39.1 Å². The molecule has 1 aromatic rings. The number of nitrogens with one attached hydrogen (secondary N) is 1. The summed E-state index contributed by atoms with van der Waals surface area (Å²) in [6, 6.07) is 10.2. The van der Waals surface area contributed by atoms with Crippen LogP contribution in [-0.2, 0) is 6.54 Å². The fourth-order valence-corrected chi connectivity index (χ4v) is 2.71. The van der Waals surface area contributed by atoms with Crippen LogP contribution in [0.4, 0.5) is 5.69 Å². The van der Waals surface area contributed by atoms with Crippen LogP contribution < -0.4 is 10.2 Å². The maximum atomic E-state index is 9.45. The van der Waals surface area contributed by atoms with Gasteiger partial charge in [-0.2, -0.15) is 5.26 Å². The largest absolute Gasteiger partial charge is 0.367 e. The minimum absolute atomic E-state index is 0.664. The van der Waals surface area contributed by atoms with Crippen molar-refractivity contribution in [1.82, 2.24) is 5.32 Å². The van der Waals surface area contributed by atoms with E-state index in [4.69, 9.17) is 0 Å². The van der Waals surface area contributed by atoms with Crippen LogP contribution in [-0.4, -0.2) is 18.6 Å². The van der Waals surface area contributed by atoms with E-state index in [1.165, 1.54) is 31.2 Å². The van der Waals surface area contributed by atoms with Gasteiger partial charge in [0.15, 0.2) is 0 Å². The molecule has 0 unspecified atom stereocenters. The number of benzene rings is 1. The maximum absolute atomic E-state index is 9.45. The normalized spacial score (nSPS) is 17.8. The summed E-state index contributed by atoms with van der Waals surface area (Å²) in [6.45, 7) is 4.14. The number of rotatable bonds is 7. The second-order valence-electron chi connectivity index (χ2n) is 6.04. The van der Waals surface area contributed by atoms with Gasteiger partial charge in [-0.25, -0.2) is 0 Å². The van der Waals surface area contributed by atoms with E-state index in [1.54, 1.807) is 0 Å². The number of anilines is 1. The monoisotopic (exact) mass is 269 g/mol. The first-order chi connectivity index (χ1) is 9.81. The molecular formula is C17H23N3. The fraction of sp³-hybridized carbons (Fsp3) is 0.588. The number of hydrogen-bond donors (Lipinski definition) is 1. The molecule has 106 valence electrons. The van der Waals surface area contributed by atoms with Gasteiger partial charge in [-0.05, 0) is 49.8 Å². The highest BCUT2D eigenvalue weighted by Gasteiger charge is 2.30. The Morgan fingerprint density at radius 1 is 1.30 bits per heavy atom. The molecule has 0 aromatic heterocycles. The third-order valence-electron chi connectivity index (χ3n) is 4.12. The van der Waals surface area contributed by atoms with Crippen LogP contribution in [0.25, 0.3) is 0 Å². The Hall–Kier alpha value is -1.53. The molecule has 0 aliphatic heterocycles. The zero-order valence-electron chi connectivity index (χ0n) is 12.2. The average Bonchev–Trinajstić information content (AvgIpc) is 3.36. The first-order valence-corrected chi connectivity index (χ1v) is 7.85. The van der Waals surface area contributed by atoms with E-state index >= 15 is 0 Å². The van der Waals surface area contributed by atoms with Gasteiger partial charge in [0.2, 0.25) is 0 Å². The molecule has 0 radical (unpaired) electrons. The fourth-order valence-electron chi connectivity index (χ4n) is 2.71. The lowest BCUT2D eigenvalue weighted by molar-refractivity contribution is 0.687. The van der Waals surface area contributed by atoms with Gasteiger partial charge in [-0.15, -0.1) is 0 Å². The summed E-state index contributed by atoms with van der Waals surface area (Å²) in [5.74, 6) is 0. The quantitative estimate of drug-likeness (QED) is 0.826. The summed E-state index contributed by atoms with van der Waals surface area (Å²) < 4.78 is 0. The van der Waals surface area contributed by atoms with Crippen LogP contribution >= 0.6 is 0 Å². The zero-order chi connectivity index (χ0) is 13.9. The van der Waals surface area contributed by atoms with Crippen molar-refractivity contribution in [1.29, 1.82) is 5.26 Å². The Kier molecular flexibility index (Phi) is 3.93. The summed E-state index contributed by atoms with van der Waals surface area (Å²) in [4.78, 5) is 2.43. The molecule has 1 N–H and O–H groups in total. The Morgan fingerprint density at radius 3 is 2.70 bits per heavy atom. The highest BCUT2D eigenvalue weighted by atomic mass is 15.2. The highest BCUT2D eigenvalue weighted by Crippen LogP contribution is 2.34. The molecule has 0 saturated heterocycles. The van der Waals surface area contributed by atoms with E-state index in [-0.39, 0.29) is 0 Å². The zero-order valence-corrected chi connectivity index (χ0v) is 12.2. The summed E-state index contributed by atoms with van der Waals surface area (Å²) in [5, 5.41) is 13.0. The SMILES string of the molecule is CCCN(c1ccc(CNC2CC2)cc1C#N)C1CC1. The maximum Gasteiger partial charge on any atom is 0.101 e. The van der Waals surface area contributed by atoms with Crippen molar-refractivity contribution in [3.63, 3.8) is 0 Å². The summed E-state index contributed by atoms with van der Waals surface area (Å²) in [5.41, 5.74) is 3.19. The minimum atomic E-state index is 0.664. The van der Waals surface area contributed by atoms with E-state index in [2.05, 4.69) is 41.4 Å². The van der Waals surface area contributed by atoms with Gasteiger partial charge in [0, 0.05) is 25.2 Å². The van der Waals surface area contributed by atoms with Crippen molar-refractivity contribution in [2.45, 2.75) is 57.7 Å². The Bertz CT molecular complexity index is 509. The summed E-state index contributed by atoms with van der Waals surface area (Å²) in [7, 11) is 0. The molecule has 0 heterocycles. The standard InChI is InChI=1S/C17H23N3/c1-2-9-20(16-6-7-16)17-8-3-13(10-14(17)11-18)12-19-15-4-5-15/h3,8,10,15-16,19H,2,4-7,9,12H2,1H3. The summed E-state index contributed by atoms with van der Waals surface area (Å²) in [6.07, 6.45) is 6.28. The third-order valence-corrected chi connectivity index (χ3v) is 4.12. The van der Waals surface area contributed by atoms with Gasteiger partial charge in [0.05, 0.1) is 11.3 Å². The molecular weight excluding hydrogens is 246 g/mol. The molecule has 0 spiro atoms. The highest BCUT2D eigenvalue weighted by molar-refractivity contribution is 5.61. The van der Waals surface area contributed by atoms with E-state index in [0.717, 1.165) is 30.8 Å². The number of hydrogen-bond acceptors (Lipinski definition) is 3. The molecule has 0 atom stereocenters. The van der Waals surface area contributed by atoms with Gasteiger partial charge in [0.25, 0.3) is 0 Å². The van der Waals surface area contributed by atoms with Crippen LogP contribution in [0.3, 0.4) is 0 Å². The van der Waals surface area contributed by atoms with Crippen molar-refractivity contribution in [2.75, 3.05) is 11.4 Å². The molecule has 3 heteroatoms. The van der Waals surface area contributed by atoms with Crippen LogP contribution in [0.1, 0.15) is 50.2 Å². The van der Waals surface area contributed by atoms with Crippen molar-refractivity contribution >= 4 is 5.69 Å². The van der Waals surface area contributed by atoms with Gasteiger partial charge in [-0.3, -0.25) is 0 Å². The average molecular weight is 269 g/mol. The second-order valence-corrected chi connectivity index (χ2v) is 6.04. The molecule has 1 aromatic carbocycles. The Balaban J connectivity index is 1.77. The van der Waals surface area contributed by atoms with Gasteiger partial charge >= 0.3 is 0 Å². The molecule has 0 amide bonds. The van der Waals surface area contributed by atoms with Crippen LogP contribution in [0.15, 0.2) is 18.2 Å². The number of nitrogens with zero attached hydrogens (tertiary/aromatic N) is 2. The van der Waals surface area contributed by atoms with Crippen molar-refractivity contribution in [2.24, 2.45) is 0 Å². The first-order valence-electron chi connectivity index (χ1n) is 7.85. The van der Waals surface area contributed by atoms with Crippen molar-refractivity contribution in [3.05, 3.63) is 29.3 Å². The third kappa shape index (κ3) is 3.13. The van der Waals surface area contributed by atoms with Crippen molar-refractivity contribution in [3.8, 4) is 6.07 Å². The van der Waals surface area contributed by atoms with Crippen LogP contribution in [0.2, 0.25) is 0 Å². The van der Waals surface area contributed by atoms with Crippen LogP contribution in [0, 0.1) is 11.3 Å². The van der Waals surface area contributed by atoms with Gasteiger partial charge < -0.3 is 10.2 Å². The smallest absolute Gasteiger partial charge is 0.101 e. The number of nitriles is 1. The molecule has 2 aliphatic rings. The molecule has 3 rings (SSSR count). The van der Waals surface area contributed by atoms with Gasteiger partial charge in [-0.1, -0.05) is 13.0 Å². The first kappa shape index (κ1) is 13.5. The van der Waals surface area contributed by atoms with E-state index < -0.39 is 0 Å². The summed E-state index contributed by atoms with van der Waals surface area (Å²) >= 11 is 0. The molecule has 2 aliphatic carbocycles. The lowest BCUT2D eigenvalue weighted by Crippen LogP contribution is -2.27. The predicted octanol–water partition coefficient (Wildman–Crippen LogP) is 3.19.